The van der Waals surface area contributed by atoms with Crippen LogP contribution in [0, 0.1) is 6.92 Å². The summed E-state index contributed by atoms with van der Waals surface area (Å²) in [5.74, 6) is -0.0495. The average molecular weight is 441 g/mol. The highest BCUT2D eigenvalue weighted by molar-refractivity contribution is 6.17. The highest BCUT2D eigenvalue weighted by atomic mass is 16.5. The molecule has 1 amide bonds. The van der Waals surface area contributed by atoms with E-state index in [9.17, 15) is 4.79 Å². The van der Waals surface area contributed by atoms with Gasteiger partial charge in [-0.1, -0.05) is 6.07 Å². The van der Waals surface area contributed by atoms with Gasteiger partial charge in [-0.3, -0.25) is 14.4 Å². The van der Waals surface area contributed by atoms with Crippen molar-refractivity contribution in [2.45, 2.75) is 26.0 Å². The molecule has 1 unspecified atom stereocenters. The highest BCUT2D eigenvalue weighted by Crippen LogP contribution is 2.54. The summed E-state index contributed by atoms with van der Waals surface area (Å²) in [4.78, 5) is 25.8. The molecule has 8 heteroatoms. The summed E-state index contributed by atoms with van der Waals surface area (Å²) in [7, 11) is 1.90. The number of fused-ring (bicyclic) bond motifs is 10. The van der Waals surface area contributed by atoms with E-state index in [1.807, 2.05) is 35.7 Å². The summed E-state index contributed by atoms with van der Waals surface area (Å²) in [6, 6.07) is 10.5. The number of H-pyrrole nitrogens is 1. The molecule has 2 atom stereocenters. The van der Waals surface area contributed by atoms with Crippen molar-refractivity contribution < 1.29 is 9.53 Å². The van der Waals surface area contributed by atoms with Crippen LogP contribution in [0.4, 0.5) is 11.4 Å². The van der Waals surface area contributed by atoms with Gasteiger partial charge in [-0.25, -0.2) is 4.98 Å². The molecule has 1 N–H and O–H groups in total. The van der Waals surface area contributed by atoms with Crippen molar-refractivity contribution >= 4 is 28.3 Å². The summed E-state index contributed by atoms with van der Waals surface area (Å²) in [5, 5.41) is 4.57. The van der Waals surface area contributed by atoms with Gasteiger partial charge in [-0.15, -0.1) is 0 Å². The minimum atomic E-state index is -0.183. The number of aromatic amines is 1. The van der Waals surface area contributed by atoms with Gasteiger partial charge in [0.05, 0.1) is 41.8 Å². The van der Waals surface area contributed by atoms with Crippen LogP contribution in [0.5, 0.6) is 0 Å². The standard InChI is InChI=1S/C25H24N6O2/c1-13-11-30(8-9-33-13)15-4-5-16-17(10-15)21-19(7-6-18-22(21)27-12-26-18)31-24(16)20-14(2)29(3)28-23(20)25(31)32/h4-7,10,12-13,24H,8-9,11H2,1-3H3,(H,26,27)/t13-,24?/m0/s1. The molecule has 5 heterocycles. The molecule has 1 saturated heterocycles. The minimum Gasteiger partial charge on any atom is -0.375 e. The Labute approximate surface area is 190 Å². The van der Waals surface area contributed by atoms with Crippen LogP contribution in [0.15, 0.2) is 36.7 Å². The minimum absolute atomic E-state index is 0.0495. The van der Waals surface area contributed by atoms with E-state index in [2.05, 4.69) is 45.1 Å². The molecule has 0 aliphatic carbocycles. The van der Waals surface area contributed by atoms with Crippen molar-refractivity contribution in [2.75, 3.05) is 29.5 Å². The number of carbonyl (C=O) groups excluding carboxylic acids is 1. The number of ether oxygens (including phenoxy) is 1. The Balaban J connectivity index is 1.51. The lowest BCUT2D eigenvalue weighted by atomic mass is 9.85. The zero-order valence-corrected chi connectivity index (χ0v) is 18.8. The number of amides is 1. The fourth-order valence-electron chi connectivity index (χ4n) is 5.73. The molecule has 33 heavy (non-hydrogen) atoms. The molecule has 2 aromatic carbocycles. The third kappa shape index (κ3) is 2.41. The van der Waals surface area contributed by atoms with Gasteiger partial charge in [0.2, 0.25) is 0 Å². The Kier molecular flexibility index (Phi) is 3.69. The molecule has 8 nitrogen and oxygen atoms in total. The number of imidazole rings is 1. The summed E-state index contributed by atoms with van der Waals surface area (Å²) in [5.41, 5.74) is 9.73. The maximum absolute atomic E-state index is 13.6. The van der Waals surface area contributed by atoms with E-state index in [0.29, 0.717) is 5.69 Å². The molecule has 0 spiro atoms. The van der Waals surface area contributed by atoms with Gasteiger partial charge in [-0.2, -0.15) is 5.10 Å². The smallest absolute Gasteiger partial charge is 0.280 e. The van der Waals surface area contributed by atoms with Gasteiger partial charge in [0, 0.05) is 42.6 Å². The van der Waals surface area contributed by atoms with E-state index in [1.54, 1.807) is 6.33 Å². The van der Waals surface area contributed by atoms with E-state index in [4.69, 9.17) is 4.74 Å². The monoisotopic (exact) mass is 440 g/mol. The first-order valence-corrected chi connectivity index (χ1v) is 11.4. The number of benzene rings is 2. The number of hydrogen-bond donors (Lipinski definition) is 1. The number of aryl methyl sites for hydroxylation is 1. The van der Waals surface area contributed by atoms with E-state index in [1.165, 1.54) is 5.69 Å². The Morgan fingerprint density at radius 2 is 2.09 bits per heavy atom. The van der Waals surface area contributed by atoms with Gasteiger partial charge in [0.25, 0.3) is 5.91 Å². The first-order valence-electron chi connectivity index (χ1n) is 11.4. The summed E-state index contributed by atoms with van der Waals surface area (Å²) < 4.78 is 7.57. The van der Waals surface area contributed by atoms with Crippen LogP contribution < -0.4 is 9.80 Å². The van der Waals surface area contributed by atoms with Crippen molar-refractivity contribution in [2.24, 2.45) is 7.05 Å². The normalized spacial score (nSPS) is 21.2. The second-order valence-electron chi connectivity index (χ2n) is 9.21. The van der Waals surface area contributed by atoms with Crippen LogP contribution in [-0.2, 0) is 11.8 Å². The predicted molar refractivity (Wildman–Crippen MR) is 126 cm³/mol. The van der Waals surface area contributed by atoms with Crippen molar-refractivity contribution in [3.05, 3.63) is 59.2 Å². The summed E-state index contributed by atoms with van der Waals surface area (Å²) in [6.07, 6.45) is 1.92. The van der Waals surface area contributed by atoms with Gasteiger partial charge in [-0.05, 0) is 49.2 Å². The highest BCUT2D eigenvalue weighted by Gasteiger charge is 2.47. The Bertz CT molecular complexity index is 1470. The molecule has 166 valence electrons. The van der Waals surface area contributed by atoms with Gasteiger partial charge >= 0.3 is 0 Å². The van der Waals surface area contributed by atoms with E-state index in [-0.39, 0.29) is 18.1 Å². The third-order valence-electron chi connectivity index (χ3n) is 7.37. The molecule has 3 aliphatic heterocycles. The van der Waals surface area contributed by atoms with Crippen molar-refractivity contribution in [3.63, 3.8) is 0 Å². The van der Waals surface area contributed by atoms with E-state index >= 15 is 0 Å². The fraction of sp³-hybridized carbons (Fsp3) is 0.320. The largest absolute Gasteiger partial charge is 0.375 e. The maximum Gasteiger partial charge on any atom is 0.280 e. The molecular formula is C25H24N6O2. The number of nitrogens with one attached hydrogen (secondary N) is 1. The summed E-state index contributed by atoms with van der Waals surface area (Å²) in [6.45, 7) is 6.60. The lowest BCUT2D eigenvalue weighted by Gasteiger charge is -2.37. The zero-order chi connectivity index (χ0) is 22.4. The zero-order valence-electron chi connectivity index (χ0n) is 18.8. The lowest BCUT2D eigenvalue weighted by Crippen LogP contribution is -2.41. The maximum atomic E-state index is 13.6. The van der Waals surface area contributed by atoms with Crippen molar-refractivity contribution in [1.82, 2.24) is 19.7 Å². The van der Waals surface area contributed by atoms with Crippen LogP contribution in [0.25, 0.3) is 22.2 Å². The Morgan fingerprint density at radius 1 is 1.21 bits per heavy atom. The quantitative estimate of drug-likeness (QED) is 0.490. The Hall–Kier alpha value is -3.65. The molecule has 0 radical (unpaired) electrons. The van der Waals surface area contributed by atoms with Crippen molar-refractivity contribution in [1.29, 1.82) is 0 Å². The number of anilines is 2. The predicted octanol–water partition coefficient (Wildman–Crippen LogP) is 3.56. The van der Waals surface area contributed by atoms with Crippen LogP contribution in [-0.4, -0.2) is 51.5 Å². The average Bonchev–Trinajstić information content (AvgIpc) is 3.49. The van der Waals surface area contributed by atoms with Crippen LogP contribution in [0.3, 0.4) is 0 Å². The van der Waals surface area contributed by atoms with Gasteiger partial charge in [0.15, 0.2) is 5.69 Å². The molecule has 3 aliphatic rings. The Morgan fingerprint density at radius 3 is 2.94 bits per heavy atom. The molecule has 7 rings (SSSR count). The first-order chi connectivity index (χ1) is 16.0. The fourth-order valence-corrected chi connectivity index (χ4v) is 5.73. The van der Waals surface area contributed by atoms with Crippen molar-refractivity contribution in [3.8, 4) is 11.1 Å². The number of aromatic nitrogens is 4. The first kappa shape index (κ1) is 18.9. The van der Waals surface area contributed by atoms with E-state index in [0.717, 1.165) is 64.4 Å². The molecular weight excluding hydrogens is 416 g/mol. The molecule has 0 saturated carbocycles. The molecule has 1 fully saturated rings. The number of morpholine rings is 1. The summed E-state index contributed by atoms with van der Waals surface area (Å²) >= 11 is 0. The van der Waals surface area contributed by atoms with Crippen LogP contribution in [0.1, 0.15) is 40.3 Å². The number of carbonyl (C=O) groups is 1. The number of hydrogen-bond acceptors (Lipinski definition) is 5. The number of rotatable bonds is 1. The third-order valence-corrected chi connectivity index (χ3v) is 7.37. The second-order valence-corrected chi connectivity index (χ2v) is 9.21. The number of nitrogens with zero attached hydrogens (tertiary/aromatic N) is 5. The van der Waals surface area contributed by atoms with Gasteiger partial charge in [0.1, 0.15) is 0 Å². The van der Waals surface area contributed by atoms with Crippen LogP contribution in [0.2, 0.25) is 0 Å². The molecule has 2 aromatic heterocycles. The lowest BCUT2D eigenvalue weighted by molar-refractivity contribution is 0.0532. The topological polar surface area (TPSA) is 79.3 Å². The molecule has 0 bridgehead atoms. The second kappa shape index (κ2) is 6.45. The molecule has 4 aromatic rings. The van der Waals surface area contributed by atoms with E-state index < -0.39 is 0 Å². The van der Waals surface area contributed by atoms with Crippen LogP contribution >= 0.6 is 0 Å². The SMILES string of the molecule is Cc1c2c(nn1C)C(=O)N1c3ccc4[nH]cnc4c3-c3cc(N4CCO[C@@H](C)C4)ccc3C21. The van der Waals surface area contributed by atoms with Gasteiger partial charge < -0.3 is 14.6 Å².